The third-order valence-corrected chi connectivity index (χ3v) is 5.15. The summed E-state index contributed by atoms with van der Waals surface area (Å²) in [6.07, 6.45) is 1.17. The topological polar surface area (TPSA) is 73.2 Å². The molecule has 4 aromatic rings. The number of hydrogen-bond acceptors (Lipinski definition) is 6. The van der Waals surface area contributed by atoms with Crippen LogP contribution in [0, 0.1) is 0 Å². The predicted octanol–water partition coefficient (Wildman–Crippen LogP) is 5.64. The van der Waals surface area contributed by atoms with Gasteiger partial charge in [0, 0.05) is 11.3 Å². The van der Waals surface area contributed by atoms with Crippen LogP contribution in [-0.2, 0) is 0 Å². The van der Waals surface area contributed by atoms with Gasteiger partial charge in [-0.25, -0.2) is 0 Å². The number of furan rings is 1. The number of aliphatic imine (C=N–C) groups is 1. The average Bonchev–Trinajstić information content (AvgIpc) is 3.30. The van der Waals surface area contributed by atoms with Gasteiger partial charge in [-0.15, -0.1) is 0 Å². The fraction of sp³-hybridized carbons (Fsp3) is 0.0800. The predicted molar refractivity (Wildman–Crippen MR) is 120 cm³/mol. The molecule has 1 atom stereocenters. The Labute approximate surface area is 180 Å². The first-order chi connectivity index (χ1) is 15.2. The standard InChI is InChI=1S/C25H21N3O3/c1-29-19-11-7-17(8-12-19)24-27-25-22(15-16-30-25)23(26)28(24)18-9-13-21(14-10-18)31-20-5-3-2-4-6-20/h2-16,23H,26H2,1H3. The van der Waals surface area contributed by atoms with Crippen LogP contribution in [0.4, 0.5) is 11.6 Å². The van der Waals surface area contributed by atoms with Gasteiger partial charge in [-0.2, -0.15) is 4.99 Å². The minimum Gasteiger partial charge on any atom is -0.497 e. The summed E-state index contributed by atoms with van der Waals surface area (Å²) < 4.78 is 16.8. The summed E-state index contributed by atoms with van der Waals surface area (Å²) in [4.78, 5) is 6.75. The van der Waals surface area contributed by atoms with Crippen LogP contribution in [0.2, 0.25) is 0 Å². The first-order valence-electron chi connectivity index (χ1n) is 9.91. The van der Waals surface area contributed by atoms with E-state index in [4.69, 9.17) is 24.6 Å². The maximum absolute atomic E-state index is 6.64. The van der Waals surface area contributed by atoms with E-state index in [0.717, 1.165) is 34.1 Å². The number of ether oxygens (including phenoxy) is 2. The number of para-hydroxylation sites is 1. The highest BCUT2D eigenvalue weighted by Crippen LogP contribution is 2.38. The Bertz CT molecular complexity index is 1200. The average molecular weight is 411 g/mol. The molecule has 3 aromatic carbocycles. The maximum atomic E-state index is 6.64. The maximum Gasteiger partial charge on any atom is 0.227 e. The normalized spacial score (nSPS) is 15.2. The zero-order valence-electron chi connectivity index (χ0n) is 16.9. The van der Waals surface area contributed by atoms with E-state index in [9.17, 15) is 0 Å². The highest BCUT2D eigenvalue weighted by atomic mass is 16.5. The smallest absolute Gasteiger partial charge is 0.227 e. The van der Waals surface area contributed by atoms with Crippen molar-refractivity contribution in [2.45, 2.75) is 6.17 Å². The molecular formula is C25H21N3O3. The van der Waals surface area contributed by atoms with E-state index >= 15 is 0 Å². The van der Waals surface area contributed by atoms with Crippen molar-refractivity contribution in [3.05, 3.63) is 102 Å². The molecule has 31 heavy (non-hydrogen) atoms. The molecule has 0 radical (unpaired) electrons. The molecule has 2 N–H and O–H groups in total. The molecule has 1 aliphatic rings. The fourth-order valence-electron chi connectivity index (χ4n) is 3.57. The second-order valence-corrected chi connectivity index (χ2v) is 7.07. The molecule has 0 amide bonds. The van der Waals surface area contributed by atoms with Gasteiger partial charge in [-0.3, -0.25) is 0 Å². The van der Waals surface area contributed by atoms with Crippen LogP contribution in [0.25, 0.3) is 0 Å². The molecule has 6 heteroatoms. The number of methoxy groups -OCH3 is 1. The molecule has 6 nitrogen and oxygen atoms in total. The van der Waals surface area contributed by atoms with Crippen LogP contribution < -0.4 is 20.1 Å². The third kappa shape index (κ3) is 3.65. The third-order valence-electron chi connectivity index (χ3n) is 5.15. The summed E-state index contributed by atoms with van der Waals surface area (Å²) >= 11 is 0. The Balaban J connectivity index is 1.50. The monoisotopic (exact) mass is 411 g/mol. The van der Waals surface area contributed by atoms with Gasteiger partial charge < -0.3 is 24.5 Å². The molecule has 1 aliphatic heterocycles. The van der Waals surface area contributed by atoms with Gasteiger partial charge >= 0.3 is 0 Å². The molecule has 0 saturated heterocycles. The van der Waals surface area contributed by atoms with Crippen molar-refractivity contribution in [3.63, 3.8) is 0 Å². The number of fused-ring (bicyclic) bond motifs is 1. The molecule has 1 unspecified atom stereocenters. The molecule has 0 saturated carbocycles. The number of amidine groups is 1. The van der Waals surface area contributed by atoms with Crippen molar-refractivity contribution in [1.29, 1.82) is 0 Å². The first-order valence-corrected chi connectivity index (χ1v) is 9.91. The number of nitrogens with two attached hydrogens (primary N) is 1. The Morgan fingerprint density at radius 1 is 0.839 bits per heavy atom. The quantitative estimate of drug-likeness (QED) is 0.460. The summed E-state index contributed by atoms with van der Waals surface area (Å²) in [6, 6.07) is 27.0. The second-order valence-electron chi connectivity index (χ2n) is 7.07. The summed E-state index contributed by atoms with van der Waals surface area (Å²) in [6.45, 7) is 0. The van der Waals surface area contributed by atoms with Gasteiger partial charge in [0.15, 0.2) is 0 Å². The van der Waals surface area contributed by atoms with Crippen molar-refractivity contribution in [2.75, 3.05) is 12.0 Å². The van der Waals surface area contributed by atoms with Crippen LogP contribution >= 0.6 is 0 Å². The van der Waals surface area contributed by atoms with Gasteiger partial charge in [0.05, 0.1) is 18.9 Å². The highest BCUT2D eigenvalue weighted by Gasteiger charge is 2.31. The molecular weight excluding hydrogens is 390 g/mol. The molecule has 1 aromatic heterocycles. The number of hydrogen-bond donors (Lipinski definition) is 1. The lowest BCUT2D eigenvalue weighted by Crippen LogP contribution is -2.41. The Morgan fingerprint density at radius 3 is 2.23 bits per heavy atom. The number of anilines is 1. The Hall–Kier alpha value is -4.03. The van der Waals surface area contributed by atoms with Crippen LogP contribution in [0.3, 0.4) is 0 Å². The highest BCUT2D eigenvalue weighted by molar-refractivity contribution is 6.12. The fourth-order valence-corrected chi connectivity index (χ4v) is 3.57. The molecule has 154 valence electrons. The zero-order chi connectivity index (χ0) is 21.2. The van der Waals surface area contributed by atoms with Crippen molar-refractivity contribution in [2.24, 2.45) is 10.7 Å². The molecule has 0 bridgehead atoms. The summed E-state index contributed by atoms with van der Waals surface area (Å²) in [5, 5.41) is 0. The van der Waals surface area contributed by atoms with Crippen LogP contribution in [-0.4, -0.2) is 12.9 Å². The molecule has 5 rings (SSSR count). The zero-order valence-corrected chi connectivity index (χ0v) is 16.9. The second kappa shape index (κ2) is 8.01. The van der Waals surface area contributed by atoms with Crippen molar-refractivity contribution in [1.82, 2.24) is 0 Å². The molecule has 0 aliphatic carbocycles. The lowest BCUT2D eigenvalue weighted by molar-refractivity contribution is 0.415. The van der Waals surface area contributed by atoms with Crippen LogP contribution in [0.1, 0.15) is 17.3 Å². The summed E-state index contributed by atoms with van der Waals surface area (Å²) in [5.74, 6) is 3.53. The van der Waals surface area contributed by atoms with Gasteiger partial charge in [-0.05, 0) is 66.7 Å². The molecule has 2 heterocycles. The van der Waals surface area contributed by atoms with E-state index in [1.54, 1.807) is 13.4 Å². The minimum absolute atomic E-state index is 0.441. The number of nitrogens with zero attached hydrogens (tertiary/aromatic N) is 2. The Morgan fingerprint density at radius 2 is 1.52 bits per heavy atom. The van der Waals surface area contributed by atoms with E-state index in [1.807, 2.05) is 89.8 Å². The van der Waals surface area contributed by atoms with Crippen LogP contribution in [0.5, 0.6) is 17.2 Å². The molecule has 0 spiro atoms. The minimum atomic E-state index is -0.441. The lowest BCUT2D eigenvalue weighted by Gasteiger charge is -2.34. The van der Waals surface area contributed by atoms with Gasteiger partial charge in [0.2, 0.25) is 5.88 Å². The lowest BCUT2D eigenvalue weighted by atomic mass is 10.1. The molecule has 0 fully saturated rings. The van der Waals surface area contributed by atoms with E-state index < -0.39 is 6.17 Å². The van der Waals surface area contributed by atoms with Crippen LogP contribution in [0.15, 0.2) is 101 Å². The van der Waals surface area contributed by atoms with Crippen molar-refractivity contribution < 1.29 is 13.9 Å². The van der Waals surface area contributed by atoms with Gasteiger partial charge in [0.1, 0.15) is 29.2 Å². The summed E-state index contributed by atoms with van der Waals surface area (Å²) in [7, 11) is 1.64. The van der Waals surface area contributed by atoms with Gasteiger partial charge in [0.25, 0.3) is 0 Å². The number of rotatable bonds is 5. The van der Waals surface area contributed by atoms with Gasteiger partial charge in [-0.1, -0.05) is 18.2 Å². The van der Waals surface area contributed by atoms with Crippen molar-refractivity contribution >= 4 is 17.4 Å². The van der Waals surface area contributed by atoms with Crippen molar-refractivity contribution in [3.8, 4) is 17.2 Å². The first kappa shape index (κ1) is 19.0. The van der Waals surface area contributed by atoms with E-state index in [2.05, 4.69) is 0 Å². The van der Waals surface area contributed by atoms with E-state index in [0.29, 0.717) is 11.7 Å². The SMILES string of the molecule is COc1ccc(C2=Nc3occc3C(N)N2c2ccc(Oc3ccccc3)cc2)cc1. The number of benzene rings is 3. The Kier molecular flexibility index (Phi) is 4.90. The largest absolute Gasteiger partial charge is 0.497 e. The van der Waals surface area contributed by atoms with E-state index in [1.165, 1.54) is 0 Å². The van der Waals surface area contributed by atoms with E-state index in [-0.39, 0.29) is 0 Å². The summed E-state index contributed by atoms with van der Waals surface area (Å²) in [5.41, 5.74) is 9.28.